The molecule has 31 heavy (non-hydrogen) atoms. The Morgan fingerprint density at radius 1 is 1.29 bits per heavy atom. The minimum atomic E-state index is -0.496. The molecule has 2 aliphatic rings. The molecule has 0 unspecified atom stereocenters. The summed E-state index contributed by atoms with van der Waals surface area (Å²) in [5.74, 6) is -0.404. The molecule has 10 heteroatoms. The van der Waals surface area contributed by atoms with E-state index in [0.717, 1.165) is 17.9 Å². The first kappa shape index (κ1) is 21.0. The smallest absolute Gasteiger partial charge is 0.353 e. The number of rotatable bonds is 6. The van der Waals surface area contributed by atoms with Gasteiger partial charge in [-0.25, -0.2) is 4.79 Å². The highest BCUT2D eigenvalue weighted by Crippen LogP contribution is 2.32. The Morgan fingerprint density at radius 3 is 2.84 bits per heavy atom. The van der Waals surface area contributed by atoms with Gasteiger partial charge in [0.05, 0.1) is 12.7 Å². The summed E-state index contributed by atoms with van der Waals surface area (Å²) in [7, 11) is 1.46. The van der Waals surface area contributed by atoms with Gasteiger partial charge in [0, 0.05) is 0 Å². The van der Waals surface area contributed by atoms with Gasteiger partial charge >= 0.3 is 5.97 Å². The lowest BCUT2D eigenvalue weighted by Crippen LogP contribution is -2.35. The Bertz CT molecular complexity index is 1150. The molecule has 1 amide bonds. The van der Waals surface area contributed by atoms with E-state index in [0.29, 0.717) is 21.4 Å². The van der Waals surface area contributed by atoms with Crippen molar-refractivity contribution in [3.05, 3.63) is 51.7 Å². The van der Waals surface area contributed by atoms with Crippen LogP contribution in [0.2, 0.25) is 0 Å². The van der Waals surface area contributed by atoms with E-state index in [1.807, 2.05) is 6.92 Å². The van der Waals surface area contributed by atoms with Gasteiger partial charge in [0.15, 0.2) is 17.3 Å². The highest BCUT2D eigenvalue weighted by atomic mass is 32.2. The summed E-state index contributed by atoms with van der Waals surface area (Å²) in [4.78, 5) is 29.3. The van der Waals surface area contributed by atoms with E-state index in [1.54, 1.807) is 41.8 Å². The van der Waals surface area contributed by atoms with Crippen molar-refractivity contribution in [1.82, 2.24) is 5.01 Å². The molecule has 2 aromatic rings. The second kappa shape index (κ2) is 8.86. The third kappa shape index (κ3) is 4.30. The highest BCUT2D eigenvalue weighted by molar-refractivity contribution is 8.26. The van der Waals surface area contributed by atoms with Gasteiger partial charge in [-0.2, -0.15) is 15.1 Å². The number of carbonyl (C=O) groups excluding carboxylic acids is 2. The third-order valence-electron chi connectivity index (χ3n) is 4.38. The van der Waals surface area contributed by atoms with Crippen molar-refractivity contribution < 1.29 is 19.1 Å². The number of methoxy groups -OCH3 is 1. The van der Waals surface area contributed by atoms with E-state index >= 15 is 0 Å². The second-order valence-electron chi connectivity index (χ2n) is 6.54. The summed E-state index contributed by atoms with van der Waals surface area (Å²) < 4.78 is 10.8. The van der Waals surface area contributed by atoms with Crippen LogP contribution in [-0.2, 0) is 4.79 Å². The maximum absolute atomic E-state index is 12.5. The van der Waals surface area contributed by atoms with Gasteiger partial charge in [-0.15, -0.1) is 11.3 Å². The van der Waals surface area contributed by atoms with Crippen LogP contribution in [0, 0.1) is 5.41 Å². The molecule has 2 aliphatic heterocycles. The molecule has 0 saturated carbocycles. The van der Waals surface area contributed by atoms with Crippen molar-refractivity contribution in [3.8, 4) is 11.5 Å². The Hall–Kier alpha value is -3.24. The first-order valence-corrected chi connectivity index (χ1v) is 11.1. The predicted octanol–water partition coefficient (Wildman–Crippen LogP) is 4.40. The van der Waals surface area contributed by atoms with Gasteiger partial charge in [-0.05, 0) is 59.8 Å². The van der Waals surface area contributed by atoms with E-state index in [9.17, 15) is 9.59 Å². The van der Waals surface area contributed by atoms with Crippen LogP contribution < -0.4 is 9.47 Å². The summed E-state index contributed by atoms with van der Waals surface area (Å²) in [6.45, 7) is 2.04. The van der Waals surface area contributed by atoms with E-state index in [4.69, 9.17) is 14.9 Å². The van der Waals surface area contributed by atoms with Gasteiger partial charge in [-0.1, -0.05) is 19.1 Å². The number of thiophene rings is 1. The number of nitrogens with one attached hydrogen (secondary N) is 1. The number of aliphatic imine (C=N–C) groups is 1. The van der Waals surface area contributed by atoms with Crippen molar-refractivity contribution in [2.75, 3.05) is 7.11 Å². The standard InChI is InChI=1S/C21H18N4O4S2/c1-3-5-17-24-25-18(22)13(19(26)23-21(25)31-17)10-12-7-8-14(15(11-12)28-2)29-20(27)16-6-4-9-30-16/h4,6-11,22H,3,5H2,1-2H3/b13-10+,22-18?. The number of hydrazone groups is 1. The van der Waals surface area contributed by atoms with Gasteiger partial charge < -0.3 is 9.47 Å². The molecular formula is C21H18N4O4S2. The summed E-state index contributed by atoms with van der Waals surface area (Å²) in [6, 6.07) is 8.35. The van der Waals surface area contributed by atoms with Crippen molar-refractivity contribution in [3.63, 3.8) is 0 Å². The SMILES string of the molecule is CCCC1=NN2C(=N)/C(=C\c3ccc(OC(=O)c4cccs4)c(OC)c3)C(=O)N=C2S1. The van der Waals surface area contributed by atoms with Crippen molar-refractivity contribution >= 4 is 57.1 Å². The van der Waals surface area contributed by atoms with E-state index in [1.165, 1.54) is 35.2 Å². The number of fused-ring (bicyclic) bond motifs is 1. The minimum Gasteiger partial charge on any atom is -0.493 e. The molecular weight excluding hydrogens is 436 g/mol. The summed E-state index contributed by atoms with van der Waals surface area (Å²) in [6.07, 6.45) is 3.24. The normalized spacial score (nSPS) is 16.8. The highest BCUT2D eigenvalue weighted by Gasteiger charge is 2.35. The van der Waals surface area contributed by atoms with Crippen LogP contribution >= 0.6 is 23.1 Å². The Labute approximate surface area is 186 Å². The molecule has 0 aliphatic carbocycles. The molecule has 1 aromatic carbocycles. The predicted molar refractivity (Wildman–Crippen MR) is 122 cm³/mol. The lowest BCUT2D eigenvalue weighted by atomic mass is 10.1. The molecule has 8 nitrogen and oxygen atoms in total. The van der Waals surface area contributed by atoms with Crippen LogP contribution in [0.3, 0.4) is 0 Å². The number of amides is 1. The number of amidine groups is 2. The van der Waals surface area contributed by atoms with Crippen LogP contribution in [0.25, 0.3) is 6.08 Å². The first-order chi connectivity index (χ1) is 15.0. The van der Waals surface area contributed by atoms with Crippen LogP contribution in [0.1, 0.15) is 35.0 Å². The number of esters is 1. The summed E-state index contributed by atoms with van der Waals surface area (Å²) in [5.41, 5.74) is 0.723. The zero-order valence-corrected chi connectivity index (χ0v) is 18.4. The fraction of sp³-hybridized carbons (Fsp3) is 0.190. The van der Waals surface area contributed by atoms with Gasteiger partial charge in [0.25, 0.3) is 5.91 Å². The summed E-state index contributed by atoms with van der Waals surface area (Å²) >= 11 is 2.60. The topological polar surface area (TPSA) is 104 Å². The molecule has 158 valence electrons. The zero-order chi connectivity index (χ0) is 22.0. The average Bonchev–Trinajstić information content (AvgIpc) is 3.42. The second-order valence-corrected chi connectivity index (χ2v) is 8.53. The molecule has 1 N–H and O–H groups in total. The number of nitrogens with zero attached hydrogens (tertiary/aromatic N) is 3. The number of benzene rings is 1. The quantitative estimate of drug-likeness (QED) is 0.394. The fourth-order valence-corrected chi connectivity index (χ4v) is 4.50. The fourth-order valence-electron chi connectivity index (χ4n) is 2.92. The molecule has 0 bridgehead atoms. The van der Waals surface area contributed by atoms with Crippen LogP contribution in [0.15, 0.2) is 51.4 Å². The third-order valence-corrected chi connectivity index (χ3v) is 6.20. The van der Waals surface area contributed by atoms with Crippen molar-refractivity contribution in [2.45, 2.75) is 19.8 Å². The monoisotopic (exact) mass is 454 g/mol. The number of ether oxygens (including phenoxy) is 2. The van der Waals surface area contributed by atoms with Crippen molar-refractivity contribution in [1.29, 1.82) is 5.41 Å². The minimum absolute atomic E-state index is 0.0271. The van der Waals surface area contributed by atoms with Crippen LogP contribution in [0.5, 0.6) is 11.5 Å². The van der Waals surface area contributed by atoms with Crippen molar-refractivity contribution in [2.24, 2.45) is 10.1 Å². The van der Waals surface area contributed by atoms with E-state index in [-0.39, 0.29) is 17.2 Å². The maximum atomic E-state index is 12.5. The molecule has 0 radical (unpaired) electrons. The number of thioether (sulfide) groups is 1. The number of carbonyl (C=O) groups is 2. The molecule has 4 rings (SSSR count). The van der Waals surface area contributed by atoms with Gasteiger partial charge in [0.2, 0.25) is 5.17 Å². The Kier molecular flexibility index (Phi) is 6.01. The van der Waals surface area contributed by atoms with E-state index in [2.05, 4.69) is 10.1 Å². The lowest BCUT2D eigenvalue weighted by Gasteiger charge is -2.20. The molecule has 0 spiro atoms. The molecule has 0 saturated heterocycles. The summed E-state index contributed by atoms with van der Waals surface area (Å²) in [5, 5.41) is 17.2. The largest absolute Gasteiger partial charge is 0.493 e. The number of hydrogen-bond acceptors (Lipinski definition) is 8. The lowest BCUT2D eigenvalue weighted by molar-refractivity contribution is -0.114. The van der Waals surface area contributed by atoms with Gasteiger partial charge in [-0.3, -0.25) is 10.2 Å². The van der Waals surface area contributed by atoms with Crippen LogP contribution in [-0.4, -0.2) is 40.0 Å². The molecule has 0 atom stereocenters. The van der Waals surface area contributed by atoms with Crippen LogP contribution in [0.4, 0.5) is 0 Å². The Balaban J connectivity index is 1.59. The zero-order valence-electron chi connectivity index (χ0n) is 16.7. The molecule has 1 aromatic heterocycles. The maximum Gasteiger partial charge on any atom is 0.353 e. The average molecular weight is 455 g/mol. The Morgan fingerprint density at radius 2 is 2.13 bits per heavy atom. The number of hydrogen-bond donors (Lipinski definition) is 1. The van der Waals surface area contributed by atoms with E-state index < -0.39 is 11.9 Å². The molecule has 3 heterocycles. The molecule has 0 fully saturated rings. The first-order valence-electron chi connectivity index (χ1n) is 9.43. The van der Waals surface area contributed by atoms with Gasteiger partial charge in [0.1, 0.15) is 9.92 Å².